The van der Waals surface area contributed by atoms with E-state index in [1.54, 1.807) is 28.9 Å². The Balaban J connectivity index is 1.46. The number of rotatable bonds is 8. The lowest BCUT2D eigenvalue weighted by Crippen LogP contribution is -2.52. The number of ether oxygens (including phenoxy) is 1. The lowest BCUT2D eigenvalue weighted by Gasteiger charge is -2.41. The molecule has 2 heterocycles. The summed E-state index contributed by atoms with van der Waals surface area (Å²) >= 11 is 18.0. The van der Waals surface area contributed by atoms with Crippen molar-refractivity contribution in [3.8, 4) is 0 Å². The molecule has 3 atom stereocenters. The van der Waals surface area contributed by atoms with Gasteiger partial charge < -0.3 is 15.0 Å². The summed E-state index contributed by atoms with van der Waals surface area (Å²) in [5.41, 5.74) is 2.18. The van der Waals surface area contributed by atoms with Gasteiger partial charge in [-0.3, -0.25) is 9.46 Å². The first kappa shape index (κ1) is 25.9. The molecule has 10 heteroatoms. The maximum atomic E-state index is 13.4. The van der Waals surface area contributed by atoms with Crippen LogP contribution in [-0.4, -0.2) is 46.3 Å². The van der Waals surface area contributed by atoms with Gasteiger partial charge in [0.25, 0.3) is 0 Å². The first-order valence-electron chi connectivity index (χ1n) is 11.4. The van der Waals surface area contributed by atoms with Crippen molar-refractivity contribution in [3.05, 3.63) is 70.7 Å². The van der Waals surface area contributed by atoms with Gasteiger partial charge >= 0.3 is 6.09 Å². The molecule has 0 aromatic heterocycles. The Labute approximate surface area is 222 Å². The Hall–Kier alpha value is -2.18. The first-order chi connectivity index (χ1) is 16.9. The predicted molar refractivity (Wildman–Crippen MR) is 144 cm³/mol. The van der Waals surface area contributed by atoms with Crippen LogP contribution in [0, 0.1) is 0 Å². The van der Waals surface area contributed by atoms with Gasteiger partial charge in [-0.15, -0.1) is 0 Å². The number of fused-ring (bicyclic) bond motifs is 2. The van der Waals surface area contributed by atoms with Crippen molar-refractivity contribution < 1.29 is 14.3 Å². The van der Waals surface area contributed by atoms with Gasteiger partial charge in [-0.2, -0.15) is 0 Å². The van der Waals surface area contributed by atoms with Gasteiger partial charge in [0.2, 0.25) is 5.91 Å². The summed E-state index contributed by atoms with van der Waals surface area (Å²) < 4.78 is 7.04. The van der Waals surface area contributed by atoms with Crippen LogP contribution in [0.3, 0.4) is 0 Å². The van der Waals surface area contributed by atoms with Crippen LogP contribution >= 0.6 is 30.7 Å². The fraction of sp³-hybridized carbons (Fsp3) is 0.360. The number of hydrogen-bond acceptors (Lipinski definition) is 5. The molecule has 0 unspecified atom stereocenters. The minimum atomic E-state index is -0.303. The van der Waals surface area contributed by atoms with Crippen LogP contribution in [0.2, 0.25) is 10.0 Å². The Kier molecular flexibility index (Phi) is 8.66. The smallest absolute Gasteiger partial charge is 0.410 e. The fourth-order valence-electron chi connectivity index (χ4n) is 4.96. The van der Waals surface area contributed by atoms with Crippen molar-refractivity contribution in [1.82, 2.24) is 9.57 Å². The summed E-state index contributed by atoms with van der Waals surface area (Å²) in [4.78, 5) is 27.8. The normalized spacial score (nSPS) is 21.0. The summed E-state index contributed by atoms with van der Waals surface area (Å²) in [5.74, 6) is -0.0479. The van der Waals surface area contributed by atoms with Crippen LogP contribution in [0.25, 0.3) is 0 Å². The topological polar surface area (TPSA) is 61.9 Å². The number of hydrogen-bond donors (Lipinski definition) is 1. The highest BCUT2D eigenvalue weighted by Crippen LogP contribution is 2.40. The zero-order valence-corrected chi connectivity index (χ0v) is 22.3. The van der Waals surface area contributed by atoms with Crippen LogP contribution in [0.1, 0.15) is 31.2 Å². The fourth-order valence-corrected chi connectivity index (χ4v) is 6.61. The number of nitrogens with one attached hydrogen (secondary N) is 1. The third-order valence-electron chi connectivity index (χ3n) is 6.51. The first-order valence-corrected chi connectivity index (χ1v) is 14.0. The minimum Gasteiger partial charge on any atom is -0.445 e. The molecule has 2 bridgehead atoms. The average Bonchev–Trinajstić information content (AvgIpc) is 3.11. The number of benzene rings is 2. The molecule has 0 radical (unpaired) electrons. The number of nitrogens with zero attached hydrogens (tertiary/aromatic N) is 2. The van der Waals surface area contributed by atoms with Crippen molar-refractivity contribution in [2.75, 3.05) is 11.9 Å². The average molecular weight is 550 g/mol. The molecule has 0 aliphatic carbocycles. The Morgan fingerprint density at radius 2 is 1.80 bits per heavy atom. The highest BCUT2D eigenvalue weighted by atomic mass is 35.5. The second kappa shape index (κ2) is 11.7. The monoisotopic (exact) mass is 549 g/mol. The lowest BCUT2D eigenvalue weighted by molar-refractivity contribution is -0.127. The standard InChI is InChI=1S/C25H26Cl2N3O3PS/c1-2-12-33-25(32)29-17-10-11-18(29)15-19(14-17)30(34-35)23(31)13-16-6-3-4-9-22(16)28-24-20(26)7-5-8-21(24)27/h2-9,17-19,28H,1,10-15H2/t17-,18+,19+. The van der Waals surface area contributed by atoms with Gasteiger partial charge in [-0.05, 0) is 61.3 Å². The largest absolute Gasteiger partial charge is 0.445 e. The molecule has 184 valence electrons. The number of halogens is 2. The SMILES string of the molecule is C=CCOC(=O)N1[C@@H]2CC[C@H]1C[C@@H](N(P=S)C(=O)Cc1ccccc1Nc1c(Cl)cccc1Cl)C2. The summed E-state index contributed by atoms with van der Waals surface area (Å²) in [6.07, 6.45) is 4.66. The van der Waals surface area contributed by atoms with Gasteiger partial charge in [-0.1, -0.05) is 60.1 Å². The molecule has 2 fully saturated rings. The van der Waals surface area contributed by atoms with E-state index < -0.39 is 0 Å². The Bertz CT molecular complexity index is 1100. The van der Waals surface area contributed by atoms with E-state index in [2.05, 4.69) is 11.9 Å². The molecule has 0 saturated carbocycles. The van der Waals surface area contributed by atoms with E-state index in [1.165, 1.54) is 0 Å². The van der Waals surface area contributed by atoms with Crippen LogP contribution in [0.5, 0.6) is 0 Å². The van der Waals surface area contributed by atoms with E-state index >= 15 is 0 Å². The molecule has 4 rings (SSSR count). The summed E-state index contributed by atoms with van der Waals surface area (Å²) in [6, 6.07) is 13.0. The molecule has 2 aliphatic heterocycles. The summed E-state index contributed by atoms with van der Waals surface area (Å²) in [7, 11) is 0.480. The number of para-hydroxylation sites is 2. The van der Waals surface area contributed by atoms with Crippen molar-refractivity contribution >= 4 is 65.9 Å². The third-order valence-corrected chi connectivity index (χ3v) is 8.40. The minimum absolute atomic E-state index is 0.0132. The molecule has 2 aromatic carbocycles. The van der Waals surface area contributed by atoms with Gasteiger partial charge in [0, 0.05) is 23.8 Å². The number of anilines is 2. The molecular weight excluding hydrogens is 524 g/mol. The highest BCUT2D eigenvalue weighted by molar-refractivity contribution is 7.95. The molecule has 2 aliphatic rings. The zero-order chi connectivity index (χ0) is 24.9. The second-order valence-corrected chi connectivity index (χ2v) is 10.6. The van der Waals surface area contributed by atoms with E-state index in [-0.39, 0.29) is 43.2 Å². The van der Waals surface area contributed by atoms with Crippen LogP contribution in [0.4, 0.5) is 16.2 Å². The maximum Gasteiger partial charge on any atom is 0.410 e. The van der Waals surface area contributed by atoms with Crippen molar-refractivity contribution in [2.24, 2.45) is 0 Å². The number of carbonyl (C=O) groups is 2. The van der Waals surface area contributed by atoms with Gasteiger partial charge in [-0.25, -0.2) is 4.79 Å². The van der Waals surface area contributed by atoms with Gasteiger partial charge in [0.15, 0.2) is 0 Å². The molecular formula is C25H26Cl2N3O3PS. The molecule has 0 spiro atoms. The lowest BCUT2D eigenvalue weighted by atomic mass is 9.97. The third kappa shape index (κ3) is 5.80. The summed E-state index contributed by atoms with van der Waals surface area (Å²) in [5, 5.41) is 4.28. The van der Waals surface area contributed by atoms with Crippen molar-refractivity contribution in [1.29, 1.82) is 0 Å². The van der Waals surface area contributed by atoms with E-state index in [1.807, 2.05) is 29.2 Å². The molecule has 35 heavy (non-hydrogen) atoms. The van der Waals surface area contributed by atoms with Crippen LogP contribution < -0.4 is 5.32 Å². The predicted octanol–water partition coefficient (Wildman–Crippen LogP) is 6.75. The van der Waals surface area contributed by atoms with Crippen molar-refractivity contribution in [2.45, 2.75) is 50.2 Å². The Morgan fingerprint density at radius 3 is 2.43 bits per heavy atom. The molecule has 2 saturated heterocycles. The quantitative estimate of drug-likeness (QED) is 0.291. The number of piperidine rings is 1. The zero-order valence-electron chi connectivity index (χ0n) is 19.0. The van der Waals surface area contributed by atoms with E-state index in [9.17, 15) is 9.59 Å². The molecule has 2 aromatic rings. The van der Waals surface area contributed by atoms with E-state index in [0.717, 1.165) is 24.1 Å². The number of amides is 2. The van der Waals surface area contributed by atoms with E-state index in [0.29, 0.717) is 36.1 Å². The number of carbonyl (C=O) groups excluding carboxylic acids is 2. The molecule has 1 N–H and O–H groups in total. The molecule has 6 nitrogen and oxygen atoms in total. The highest BCUT2D eigenvalue weighted by Gasteiger charge is 2.46. The van der Waals surface area contributed by atoms with Gasteiger partial charge in [0.1, 0.15) is 6.61 Å². The van der Waals surface area contributed by atoms with E-state index in [4.69, 9.17) is 39.7 Å². The molecule has 2 amide bonds. The second-order valence-electron chi connectivity index (χ2n) is 8.66. The Morgan fingerprint density at radius 1 is 1.14 bits per heavy atom. The van der Waals surface area contributed by atoms with Gasteiger partial charge in [0.05, 0.1) is 29.7 Å². The maximum absolute atomic E-state index is 13.4. The van der Waals surface area contributed by atoms with Crippen LogP contribution in [-0.2, 0) is 27.8 Å². The summed E-state index contributed by atoms with van der Waals surface area (Å²) in [6.45, 7) is 3.79. The van der Waals surface area contributed by atoms with Crippen LogP contribution in [0.15, 0.2) is 55.1 Å². The van der Waals surface area contributed by atoms with Crippen molar-refractivity contribution in [3.63, 3.8) is 0 Å².